The third-order valence-corrected chi connectivity index (χ3v) is 15.3. The first-order valence-corrected chi connectivity index (χ1v) is 26.7. The molecule has 2 heteroatoms. The molecule has 14 aromatic rings. The maximum Gasteiger partial charge on any atom is 0.143 e. The summed E-state index contributed by atoms with van der Waals surface area (Å²) in [7, 11) is 0. The normalized spacial score (nSPS) is 11.3. The summed E-state index contributed by atoms with van der Waals surface area (Å²) in [6.07, 6.45) is 0. The molecular formula is C76H51NO. The van der Waals surface area contributed by atoms with E-state index in [-0.39, 0.29) is 0 Å². The molecule has 14 rings (SSSR count). The van der Waals surface area contributed by atoms with Gasteiger partial charge in [0.2, 0.25) is 0 Å². The van der Waals surface area contributed by atoms with Gasteiger partial charge in [0, 0.05) is 33.6 Å². The smallest absolute Gasteiger partial charge is 0.143 e. The Kier molecular flexibility index (Phi) is 11.9. The van der Waals surface area contributed by atoms with Gasteiger partial charge in [0.1, 0.15) is 11.3 Å². The molecule has 0 bridgehead atoms. The van der Waals surface area contributed by atoms with Crippen LogP contribution in [-0.4, -0.2) is 0 Å². The Morgan fingerprint density at radius 1 is 0.218 bits per heavy atom. The highest BCUT2D eigenvalue weighted by atomic mass is 16.3. The van der Waals surface area contributed by atoms with Crippen molar-refractivity contribution in [1.82, 2.24) is 0 Å². The topological polar surface area (TPSA) is 16.4 Å². The standard InChI is InChI=1S/C76H51NO/c1-3-18-55(19-4-1)65-25-9-11-28-68(65)69-29-12-10-26-66(69)56-40-46-63(47-41-56)77(64-48-42-57(43-49-64)73-51-60-22-7-8-27-67(60)70-30-13-14-31-71(70)73)62-44-38-53(39-45-62)52-34-36-54(37-35-52)59-23-17-24-61(50-59)76-75(58-20-5-2-6-21-58)72-32-15-16-33-74(72)78-76/h1-51H. The molecule has 0 amide bonds. The number of fused-ring (bicyclic) bond motifs is 4. The quantitative estimate of drug-likeness (QED) is 0.120. The van der Waals surface area contributed by atoms with Crippen LogP contribution in [0.15, 0.2) is 314 Å². The summed E-state index contributed by atoms with van der Waals surface area (Å²) in [5.74, 6) is 0.881. The van der Waals surface area contributed by atoms with E-state index in [0.29, 0.717) is 0 Å². The SMILES string of the molecule is c1ccc(-c2ccccc2-c2ccccc2-c2ccc(N(c3ccc(-c4ccc(-c5cccc(-c6oc7ccccc7c6-c6ccccc6)c5)cc4)cc3)c3ccc(-c4cc5ccccc5c5ccccc45)cc3)cc2)cc1. The van der Waals surface area contributed by atoms with E-state index < -0.39 is 0 Å². The lowest BCUT2D eigenvalue weighted by Gasteiger charge is -2.26. The minimum absolute atomic E-state index is 0.881. The zero-order valence-corrected chi connectivity index (χ0v) is 42.8. The molecule has 1 aromatic heterocycles. The van der Waals surface area contributed by atoms with E-state index in [4.69, 9.17) is 4.42 Å². The first kappa shape index (κ1) is 46.3. The van der Waals surface area contributed by atoms with Crippen molar-refractivity contribution in [1.29, 1.82) is 0 Å². The molecule has 1 heterocycles. The lowest BCUT2D eigenvalue weighted by molar-refractivity contribution is 0.632. The first-order chi connectivity index (χ1) is 38.7. The molecule has 0 saturated carbocycles. The number of hydrogen-bond acceptors (Lipinski definition) is 2. The molecule has 0 fully saturated rings. The molecule has 0 saturated heterocycles. The van der Waals surface area contributed by atoms with E-state index in [1.54, 1.807) is 0 Å². The van der Waals surface area contributed by atoms with Crippen LogP contribution in [-0.2, 0) is 0 Å². The maximum atomic E-state index is 6.60. The Hall–Kier alpha value is -10.3. The summed E-state index contributed by atoms with van der Waals surface area (Å²) in [5, 5.41) is 6.14. The first-order valence-electron chi connectivity index (χ1n) is 26.7. The average Bonchev–Trinajstić information content (AvgIpc) is 4.09. The number of benzene rings is 13. The molecule has 0 radical (unpaired) electrons. The monoisotopic (exact) mass is 993 g/mol. The van der Waals surface area contributed by atoms with Crippen molar-refractivity contribution >= 4 is 49.6 Å². The van der Waals surface area contributed by atoms with Gasteiger partial charge in [-0.05, 0) is 148 Å². The minimum atomic E-state index is 0.881. The summed E-state index contributed by atoms with van der Waals surface area (Å²) in [6.45, 7) is 0. The van der Waals surface area contributed by atoms with Crippen LogP contribution in [0.4, 0.5) is 17.1 Å². The highest BCUT2D eigenvalue weighted by Crippen LogP contribution is 2.44. The van der Waals surface area contributed by atoms with Gasteiger partial charge in [-0.15, -0.1) is 0 Å². The summed E-state index contributed by atoms with van der Waals surface area (Å²) in [4.78, 5) is 2.37. The second kappa shape index (κ2) is 20.1. The number of hydrogen-bond donors (Lipinski definition) is 0. The Morgan fingerprint density at radius 3 is 1.22 bits per heavy atom. The van der Waals surface area contributed by atoms with Crippen LogP contribution in [0, 0.1) is 0 Å². The predicted molar refractivity (Wildman–Crippen MR) is 329 cm³/mol. The fourth-order valence-corrected chi connectivity index (χ4v) is 11.5. The van der Waals surface area contributed by atoms with Crippen LogP contribution < -0.4 is 4.90 Å². The highest BCUT2D eigenvalue weighted by Gasteiger charge is 2.20. The number of para-hydroxylation sites is 1. The molecule has 2 nitrogen and oxygen atoms in total. The zero-order valence-electron chi connectivity index (χ0n) is 42.8. The van der Waals surface area contributed by atoms with E-state index in [9.17, 15) is 0 Å². The summed E-state index contributed by atoms with van der Waals surface area (Å²) >= 11 is 0. The van der Waals surface area contributed by atoms with Gasteiger partial charge in [0.15, 0.2) is 0 Å². The fraction of sp³-hybridized carbons (Fsp3) is 0. The minimum Gasteiger partial charge on any atom is -0.455 e. The molecule has 0 spiro atoms. The van der Waals surface area contributed by atoms with Gasteiger partial charge in [-0.2, -0.15) is 0 Å². The van der Waals surface area contributed by atoms with Crippen molar-refractivity contribution in [3.8, 4) is 89.2 Å². The van der Waals surface area contributed by atoms with E-state index >= 15 is 0 Å². The third-order valence-electron chi connectivity index (χ3n) is 15.3. The summed E-state index contributed by atoms with van der Waals surface area (Å²) < 4.78 is 6.60. The molecule has 0 aliphatic carbocycles. The van der Waals surface area contributed by atoms with Crippen molar-refractivity contribution in [3.63, 3.8) is 0 Å². The van der Waals surface area contributed by atoms with E-state index in [1.807, 2.05) is 6.07 Å². The Labute approximate surface area is 455 Å². The fourth-order valence-electron chi connectivity index (χ4n) is 11.5. The van der Waals surface area contributed by atoms with Crippen LogP contribution in [0.1, 0.15) is 0 Å². The Morgan fingerprint density at radius 2 is 0.615 bits per heavy atom. The molecule has 0 aliphatic rings. The van der Waals surface area contributed by atoms with Gasteiger partial charge in [0.25, 0.3) is 0 Å². The molecule has 0 N–H and O–H groups in total. The van der Waals surface area contributed by atoms with Gasteiger partial charge in [-0.1, -0.05) is 255 Å². The largest absolute Gasteiger partial charge is 0.455 e. The number of furan rings is 1. The molecule has 366 valence electrons. The van der Waals surface area contributed by atoms with Crippen molar-refractivity contribution in [2.45, 2.75) is 0 Å². The van der Waals surface area contributed by atoms with Crippen molar-refractivity contribution in [2.75, 3.05) is 4.90 Å². The molecule has 78 heavy (non-hydrogen) atoms. The van der Waals surface area contributed by atoms with Crippen molar-refractivity contribution < 1.29 is 4.42 Å². The number of rotatable bonds is 11. The number of nitrogens with zero attached hydrogens (tertiary/aromatic N) is 1. The highest BCUT2D eigenvalue weighted by molar-refractivity contribution is 6.14. The van der Waals surface area contributed by atoms with E-state index in [2.05, 4.69) is 308 Å². The Balaban J connectivity index is 0.803. The van der Waals surface area contributed by atoms with Crippen LogP contribution in [0.2, 0.25) is 0 Å². The Bertz CT molecular complexity index is 4440. The second-order valence-corrected chi connectivity index (χ2v) is 20.0. The van der Waals surface area contributed by atoms with Crippen molar-refractivity contribution in [2.24, 2.45) is 0 Å². The van der Waals surface area contributed by atoms with Crippen LogP contribution >= 0.6 is 0 Å². The molecule has 0 aliphatic heterocycles. The molecular weight excluding hydrogens is 943 g/mol. The zero-order chi connectivity index (χ0) is 51.8. The van der Waals surface area contributed by atoms with Gasteiger partial charge in [-0.3, -0.25) is 0 Å². The molecule has 0 unspecified atom stereocenters. The third kappa shape index (κ3) is 8.62. The van der Waals surface area contributed by atoms with E-state index in [1.165, 1.54) is 60.5 Å². The van der Waals surface area contributed by atoms with Crippen molar-refractivity contribution in [3.05, 3.63) is 309 Å². The maximum absolute atomic E-state index is 6.60. The summed E-state index contributed by atoms with van der Waals surface area (Å²) in [6, 6.07) is 112. The van der Waals surface area contributed by atoms with Gasteiger partial charge >= 0.3 is 0 Å². The number of anilines is 3. The van der Waals surface area contributed by atoms with Crippen LogP contribution in [0.5, 0.6) is 0 Å². The molecule has 13 aromatic carbocycles. The average molecular weight is 994 g/mol. The summed E-state index contributed by atoms with van der Waals surface area (Å²) in [5.41, 5.74) is 21.6. The van der Waals surface area contributed by atoms with Gasteiger partial charge in [0.05, 0.1) is 0 Å². The lowest BCUT2D eigenvalue weighted by Crippen LogP contribution is -2.09. The predicted octanol–water partition coefficient (Wildman–Crippen LogP) is 21.5. The van der Waals surface area contributed by atoms with Gasteiger partial charge < -0.3 is 9.32 Å². The van der Waals surface area contributed by atoms with Crippen LogP contribution in [0.25, 0.3) is 122 Å². The van der Waals surface area contributed by atoms with E-state index in [0.717, 1.165) is 78.3 Å². The second-order valence-electron chi connectivity index (χ2n) is 20.0. The lowest BCUT2D eigenvalue weighted by atomic mass is 9.89. The van der Waals surface area contributed by atoms with Gasteiger partial charge in [-0.25, -0.2) is 0 Å². The van der Waals surface area contributed by atoms with Crippen LogP contribution in [0.3, 0.4) is 0 Å². The molecule has 0 atom stereocenters.